The Bertz CT molecular complexity index is 2040. The van der Waals surface area contributed by atoms with Gasteiger partial charge in [0.15, 0.2) is 0 Å². The number of aliphatic hydroxyl groups excluding tert-OH is 3. The van der Waals surface area contributed by atoms with Gasteiger partial charge in [0, 0.05) is 26.8 Å². The van der Waals surface area contributed by atoms with Crippen LogP contribution < -0.4 is 70.4 Å². The number of aliphatic carboxylic acids is 1. The molecular weight excluding hydrogens is 975 g/mol. The van der Waals surface area contributed by atoms with Crippen molar-refractivity contribution in [3.8, 4) is 0 Å². The quantitative estimate of drug-likeness (QED) is 0.0650. The number of nitrogens with one attached hydrogen (secondary N) is 10. The molecule has 2 rings (SSSR count). The van der Waals surface area contributed by atoms with E-state index in [1.54, 1.807) is 44.2 Å². The Morgan fingerprint density at radius 3 is 1.53 bits per heavy atom. The molecule has 28 nitrogen and oxygen atoms in total. The van der Waals surface area contributed by atoms with Crippen LogP contribution in [-0.2, 0) is 59.2 Å². The molecule has 0 aliphatic carbocycles. The summed E-state index contributed by atoms with van der Waals surface area (Å²) in [7, 11) is 0. The minimum absolute atomic E-state index is 0.0533. The van der Waals surface area contributed by atoms with Crippen LogP contribution in [0.1, 0.15) is 79.2 Å². The summed E-state index contributed by atoms with van der Waals surface area (Å²) in [5.74, 6) is -10.4. The molecule has 0 radical (unpaired) electrons. The summed E-state index contributed by atoms with van der Waals surface area (Å²) < 4.78 is 0. The van der Waals surface area contributed by atoms with Crippen LogP contribution >= 0.6 is 0 Å². The Hall–Kier alpha value is -6.85. The first-order valence-corrected chi connectivity index (χ1v) is 24.1. The molecule has 28 heteroatoms. The van der Waals surface area contributed by atoms with Gasteiger partial charge < -0.3 is 90.8 Å². The molecular formula is C46H77N13O15. The van der Waals surface area contributed by atoms with Gasteiger partial charge in [0.2, 0.25) is 59.1 Å². The van der Waals surface area contributed by atoms with E-state index in [-0.39, 0.29) is 57.7 Å². The van der Waals surface area contributed by atoms with Gasteiger partial charge in [0.1, 0.15) is 54.4 Å². The molecule has 0 saturated carbocycles. The highest BCUT2D eigenvalue weighted by molar-refractivity contribution is 5.99. The van der Waals surface area contributed by atoms with Crippen LogP contribution in [0.15, 0.2) is 30.3 Å². The number of hydrogen-bond donors (Lipinski definition) is 17. The maximum Gasteiger partial charge on any atom is 0.300 e. The predicted molar refractivity (Wildman–Crippen MR) is 265 cm³/mol. The number of aliphatic hydroxyl groups is 3. The topological polar surface area (TPSA) is 467 Å². The van der Waals surface area contributed by atoms with Crippen LogP contribution in [-0.4, -0.2) is 185 Å². The Labute approximate surface area is 429 Å². The van der Waals surface area contributed by atoms with Gasteiger partial charge in [-0.2, -0.15) is 0 Å². The first-order chi connectivity index (χ1) is 34.8. The molecule has 0 spiro atoms. The highest BCUT2D eigenvalue weighted by Gasteiger charge is 2.36. The summed E-state index contributed by atoms with van der Waals surface area (Å²) in [5.41, 5.74) is 18.1. The second kappa shape index (κ2) is 33.8. The van der Waals surface area contributed by atoms with Gasteiger partial charge in [-0.3, -0.25) is 52.7 Å². The summed E-state index contributed by atoms with van der Waals surface area (Å²) >= 11 is 0. The molecule has 1 aliphatic rings. The average Bonchev–Trinajstić information content (AvgIpc) is 3.31. The molecule has 416 valence electrons. The van der Waals surface area contributed by atoms with Gasteiger partial charge in [-0.05, 0) is 77.1 Å². The molecule has 11 atom stereocenters. The zero-order valence-corrected chi connectivity index (χ0v) is 42.6. The fraction of sp³-hybridized carbons (Fsp3) is 0.630. The number of carboxylic acids is 1. The van der Waals surface area contributed by atoms with Crippen LogP contribution in [0.25, 0.3) is 0 Å². The summed E-state index contributed by atoms with van der Waals surface area (Å²) in [5, 5.41) is 62.8. The summed E-state index contributed by atoms with van der Waals surface area (Å²) in [6.07, 6.45) is -4.04. The van der Waals surface area contributed by atoms with Crippen molar-refractivity contribution >= 4 is 65.0 Å². The Morgan fingerprint density at radius 2 is 1.08 bits per heavy atom. The van der Waals surface area contributed by atoms with Gasteiger partial charge >= 0.3 is 0 Å². The molecule has 1 aromatic carbocycles. The van der Waals surface area contributed by atoms with Crippen LogP contribution in [0, 0.1) is 5.92 Å². The molecule has 10 amide bonds. The molecule has 1 saturated heterocycles. The third-order valence-electron chi connectivity index (χ3n) is 10.9. The Balaban J connectivity index is 0.00000658. The van der Waals surface area contributed by atoms with Crippen LogP contribution in [0.4, 0.5) is 0 Å². The zero-order chi connectivity index (χ0) is 56.2. The number of hydrogen-bond acceptors (Lipinski definition) is 17. The first kappa shape index (κ1) is 65.2. The highest BCUT2D eigenvalue weighted by atomic mass is 16.4. The number of amides is 10. The smallest absolute Gasteiger partial charge is 0.300 e. The fourth-order valence-electron chi connectivity index (χ4n) is 7.16. The zero-order valence-electron chi connectivity index (χ0n) is 42.6. The molecule has 74 heavy (non-hydrogen) atoms. The second-order valence-electron chi connectivity index (χ2n) is 17.9. The number of rotatable bonds is 18. The molecule has 1 fully saturated rings. The van der Waals surface area contributed by atoms with Crippen molar-refractivity contribution in [1.29, 1.82) is 0 Å². The second-order valence-corrected chi connectivity index (χ2v) is 17.9. The van der Waals surface area contributed by atoms with Crippen LogP contribution in [0.3, 0.4) is 0 Å². The third-order valence-corrected chi connectivity index (χ3v) is 10.9. The monoisotopic (exact) mass is 1050 g/mol. The van der Waals surface area contributed by atoms with E-state index in [2.05, 4.69) is 53.2 Å². The standard InChI is InChI=1S/C44H73N13O13.C2H4O2/c1-22(2)19-31-40(66)52-27(11-15-45)36(62)51-29(13-17-47)39(65)57-34(23(3)59)43(69)48-18-14-30(53-42(68)33(21-58)56-44(70)35(24(4)60)49-25(5)61)38(64)50-28(12-16-46)37(63)55-32(41(67)54-31)20-26-9-7-6-8-10-26;1-2(3)4/h6-10,22-24,27-35,58-60H,11-21,45-47H2,1-5H3,(H,48,69)(H,49,61)(H,50,64)(H,51,62)(H,52,66)(H,53,68)(H,54,67)(H,55,63)(H,56,70)(H,57,65);1H3,(H,3,4)/t23-,24-,27+,28+,29+,30+,31+,32-,33-,34+,35+;/m1./s1. The van der Waals surface area contributed by atoms with Crippen molar-refractivity contribution < 1.29 is 73.2 Å². The lowest BCUT2D eigenvalue weighted by Gasteiger charge is -2.28. The number of nitrogens with two attached hydrogens (primary N) is 3. The normalized spacial score (nSPS) is 23.4. The fourth-order valence-corrected chi connectivity index (χ4v) is 7.16. The van der Waals surface area contributed by atoms with E-state index in [0.29, 0.717) is 5.56 Å². The number of carboxylic acid groups (broad SMARTS) is 1. The molecule has 0 unspecified atom stereocenters. The Kier molecular flexibility index (Phi) is 29.8. The summed E-state index contributed by atoms with van der Waals surface area (Å²) in [4.78, 5) is 145. The van der Waals surface area contributed by atoms with Gasteiger partial charge in [0.05, 0.1) is 18.8 Å². The molecule has 0 bridgehead atoms. The minimum Gasteiger partial charge on any atom is -0.481 e. The SMILES string of the molecule is CC(=O)N[C@H](C(=O)N[C@H](CO)C(=O)N[C@H]1CCNC(=O)[C@H]([C@@H](C)O)NC(=O)[C@H](CCN)NC(=O)[C@H](CCN)NC(=O)[C@H](CC(C)C)NC(=O)[C@@H](Cc2ccccc2)NC(=O)[C@H](CCN)NC1=O)[C@@H](C)O.CC(=O)O. The van der Waals surface area contributed by atoms with Gasteiger partial charge in [-0.1, -0.05) is 44.2 Å². The van der Waals surface area contributed by atoms with Crippen LogP contribution in [0.5, 0.6) is 0 Å². The van der Waals surface area contributed by atoms with Crippen molar-refractivity contribution in [2.45, 2.75) is 147 Å². The highest BCUT2D eigenvalue weighted by Crippen LogP contribution is 2.11. The molecule has 0 aromatic heterocycles. The summed E-state index contributed by atoms with van der Waals surface area (Å²) in [6.45, 7) is 6.16. The van der Waals surface area contributed by atoms with Crippen molar-refractivity contribution in [3.05, 3.63) is 35.9 Å². The van der Waals surface area contributed by atoms with Crippen molar-refractivity contribution in [2.24, 2.45) is 23.1 Å². The largest absolute Gasteiger partial charge is 0.481 e. The third kappa shape index (κ3) is 23.8. The lowest BCUT2D eigenvalue weighted by atomic mass is 10.00. The van der Waals surface area contributed by atoms with E-state index in [4.69, 9.17) is 27.1 Å². The lowest BCUT2D eigenvalue weighted by molar-refractivity contribution is -0.136. The van der Waals surface area contributed by atoms with Gasteiger partial charge in [0.25, 0.3) is 5.97 Å². The lowest BCUT2D eigenvalue weighted by Crippen LogP contribution is -2.61. The van der Waals surface area contributed by atoms with E-state index >= 15 is 0 Å². The van der Waals surface area contributed by atoms with Gasteiger partial charge in [-0.15, -0.1) is 0 Å². The van der Waals surface area contributed by atoms with Crippen molar-refractivity contribution in [1.82, 2.24) is 53.2 Å². The van der Waals surface area contributed by atoms with Crippen molar-refractivity contribution in [3.63, 3.8) is 0 Å². The maximum atomic E-state index is 14.2. The van der Waals surface area contributed by atoms with Crippen LogP contribution in [0.2, 0.25) is 0 Å². The van der Waals surface area contributed by atoms with E-state index < -0.39 is 151 Å². The van der Waals surface area contributed by atoms with Gasteiger partial charge in [-0.25, -0.2) is 0 Å². The Morgan fingerprint density at radius 1 is 0.635 bits per heavy atom. The number of carbonyl (C=O) groups is 11. The number of benzene rings is 1. The molecule has 1 heterocycles. The van der Waals surface area contributed by atoms with E-state index in [0.717, 1.165) is 13.8 Å². The molecule has 1 aliphatic heterocycles. The molecule has 1 aromatic rings. The van der Waals surface area contributed by atoms with E-state index in [1.807, 2.05) is 0 Å². The predicted octanol–water partition coefficient (Wildman–Crippen LogP) is -6.93. The number of carbonyl (C=O) groups excluding carboxylic acids is 10. The van der Waals surface area contributed by atoms with E-state index in [1.165, 1.54) is 13.8 Å². The first-order valence-electron chi connectivity index (χ1n) is 24.1. The minimum atomic E-state index is -1.78. The summed E-state index contributed by atoms with van der Waals surface area (Å²) in [6, 6.07) is -5.08. The maximum absolute atomic E-state index is 14.2. The average molecular weight is 1050 g/mol. The molecule has 20 N–H and O–H groups in total. The van der Waals surface area contributed by atoms with E-state index in [9.17, 15) is 63.3 Å². The van der Waals surface area contributed by atoms with Crippen molar-refractivity contribution in [2.75, 3.05) is 32.8 Å².